The number of halogens is 1. The molecule has 2 rings (SSSR count). The second-order valence-corrected chi connectivity index (χ2v) is 5.17. The molecule has 0 bridgehead atoms. The number of nitrogens with zero attached hydrogens (tertiary/aromatic N) is 1. The van der Waals surface area contributed by atoms with Crippen LogP contribution in [0, 0.1) is 13.8 Å². The van der Waals surface area contributed by atoms with Crippen molar-refractivity contribution >= 4 is 11.6 Å². The molecular formula is C16H19ClN2O. The summed E-state index contributed by atoms with van der Waals surface area (Å²) in [5.74, 6) is 1.38. The minimum absolute atomic E-state index is 0.564. The molecule has 106 valence electrons. The molecule has 0 fully saturated rings. The fraction of sp³-hybridized carbons (Fsp3) is 0.312. The van der Waals surface area contributed by atoms with Gasteiger partial charge in [0.1, 0.15) is 5.75 Å². The lowest BCUT2D eigenvalue weighted by Gasteiger charge is -2.11. The lowest BCUT2D eigenvalue weighted by atomic mass is 10.1. The molecule has 0 aliphatic heterocycles. The van der Waals surface area contributed by atoms with Crippen LogP contribution in [0.15, 0.2) is 30.5 Å². The Morgan fingerprint density at radius 3 is 2.75 bits per heavy atom. The summed E-state index contributed by atoms with van der Waals surface area (Å²) in [7, 11) is 0. The minimum Gasteiger partial charge on any atom is -0.439 e. The standard InChI is InChI=1S/C16H19ClN2O/c1-4-18-9-13-8-16(19-10-14(13)17)20-15-6-5-11(2)7-12(15)3/h5-8,10,18H,4,9H2,1-3H3. The maximum Gasteiger partial charge on any atom is 0.219 e. The van der Waals surface area contributed by atoms with Crippen LogP contribution in [0.25, 0.3) is 0 Å². The third kappa shape index (κ3) is 3.71. The number of pyridine rings is 1. The van der Waals surface area contributed by atoms with Gasteiger partial charge in [0.2, 0.25) is 5.88 Å². The molecule has 0 saturated carbocycles. The van der Waals surface area contributed by atoms with Crippen LogP contribution in [0.5, 0.6) is 11.6 Å². The smallest absolute Gasteiger partial charge is 0.219 e. The first-order valence-electron chi connectivity index (χ1n) is 6.70. The van der Waals surface area contributed by atoms with E-state index in [9.17, 15) is 0 Å². The molecule has 0 amide bonds. The first-order chi connectivity index (χ1) is 9.60. The fourth-order valence-corrected chi connectivity index (χ4v) is 2.11. The average Bonchev–Trinajstić information content (AvgIpc) is 2.42. The zero-order valence-electron chi connectivity index (χ0n) is 12.0. The Hall–Kier alpha value is -1.58. The SMILES string of the molecule is CCNCc1cc(Oc2ccc(C)cc2C)ncc1Cl. The summed E-state index contributed by atoms with van der Waals surface area (Å²) in [5, 5.41) is 3.90. The van der Waals surface area contributed by atoms with E-state index in [2.05, 4.69) is 30.2 Å². The summed E-state index contributed by atoms with van der Waals surface area (Å²) in [5.41, 5.74) is 3.30. The quantitative estimate of drug-likeness (QED) is 0.894. The Kier molecular flexibility index (Phi) is 4.99. The van der Waals surface area contributed by atoms with Gasteiger partial charge in [0.05, 0.1) is 5.02 Å². The van der Waals surface area contributed by atoms with Crippen LogP contribution in [0.2, 0.25) is 5.02 Å². The molecule has 1 aromatic heterocycles. The van der Waals surface area contributed by atoms with Crippen molar-refractivity contribution in [1.82, 2.24) is 10.3 Å². The predicted molar refractivity (Wildman–Crippen MR) is 82.6 cm³/mol. The van der Waals surface area contributed by atoms with E-state index >= 15 is 0 Å². The summed E-state index contributed by atoms with van der Waals surface area (Å²) in [6.45, 7) is 7.75. The largest absolute Gasteiger partial charge is 0.439 e. The lowest BCUT2D eigenvalue weighted by Crippen LogP contribution is -2.12. The average molecular weight is 291 g/mol. The molecule has 4 heteroatoms. The molecule has 2 aromatic rings. The first-order valence-corrected chi connectivity index (χ1v) is 7.08. The van der Waals surface area contributed by atoms with E-state index in [0.717, 1.165) is 23.4 Å². The summed E-state index contributed by atoms with van der Waals surface area (Å²) in [4.78, 5) is 4.22. The number of ether oxygens (including phenoxy) is 1. The van der Waals surface area contributed by atoms with Gasteiger partial charge in [0.25, 0.3) is 0 Å². The Morgan fingerprint density at radius 1 is 1.25 bits per heavy atom. The Morgan fingerprint density at radius 2 is 2.05 bits per heavy atom. The van der Waals surface area contributed by atoms with Crippen molar-refractivity contribution in [3.8, 4) is 11.6 Å². The molecule has 1 aromatic carbocycles. The number of rotatable bonds is 5. The van der Waals surface area contributed by atoms with Crippen molar-refractivity contribution in [3.63, 3.8) is 0 Å². The molecule has 1 heterocycles. The van der Waals surface area contributed by atoms with Gasteiger partial charge in [-0.25, -0.2) is 4.98 Å². The van der Waals surface area contributed by atoms with Gasteiger partial charge in [0.15, 0.2) is 0 Å². The number of benzene rings is 1. The van der Waals surface area contributed by atoms with Gasteiger partial charge >= 0.3 is 0 Å². The highest BCUT2D eigenvalue weighted by Gasteiger charge is 2.07. The molecule has 20 heavy (non-hydrogen) atoms. The van der Waals surface area contributed by atoms with Crippen LogP contribution in [0.3, 0.4) is 0 Å². The van der Waals surface area contributed by atoms with Crippen LogP contribution in [0.4, 0.5) is 0 Å². The van der Waals surface area contributed by atoms with E-state index in [1.165, 1.54) is 5.56 Å². The van der Waals surface area contributed by atoms with E-state index in [1.54, 1.807) is 6.20 Å². The van der Waals surface area contributed by atoms with Crippen LogP contribution in [0.1, 0.15) is 23.6 Å². The summed E-state index contributed by atoms with van der Waals surface area (Å²) >= 11 is 6.13. The van der Waals surface area contributed by atoms with Gasteiger partial charge in [0, 0.05) is 18.8 Å². The number of hydrogen-bond acceptors (Lipinski definition) is 3. The number of nitrogens with one attached hydrogen (secondary N) is 1. The van der Waals surface area contributed by atoms with Crippen molar-refractivity contribution in [3.05, 3.63) is 52.2 Å². The molecule has 1 N–H and O–H groups in total. The van der Waals surface area contributed by atoms with Gasteiger partial charge in [-0.1, -0.05) is 36.2 Å². The van der Waals surface area contributed by atoms with Gasteiger partial charge in [-0.15, -0.1) is 0 Å². The van der Waals surface area contributed by atoms with Gasteiger partial charge in [-0.05, 0) is 37.6 Å². The second-order valence-electron chi connectivity index (χ2n) is 4.77. The fourth-order valence-electron chi connectivity index (χ4n) is 1.94. The molecule has 0 saturated heterocycles. The normalized spacial score (nSPS) is 10.6. The van der Waals surface area contributed by atoms with Crippen LogP contribution in [-0.2, 0) is 6.54 Å². The monoisotopic (exact) mass is 290 g/mol. The van der Waals surface area contributed by atoms with E-state index in [0.29, 0.717) is 17.4 Å². The molecule has 0 aliphatic carbocycles. The van der Waals surface area contributed by atoms with Crippen molar-refractivity contribution < 1.29 is 4.74 Å². The van der Waals surface area contributed by atoms with E-state index in [4.69, 9.17) is 16.3 Å². The highest BCUT2D eigenvalue weighted by Crippen LogP contribution is 2.26. The molecule has 0 atom stereocenters. The van der Waals surface area contributed by atoms with E-state index < -0.39 is 0 Å². The Bertz CT molecular complexity index is 599. The number of hydrogen-bond donors (Lipinski definition) is 1. The van der Waals surface area contributed by atoms with Gasteiger partial charge in [-0.2, -0.15) is 0 Å². The van der Waals surface area contributed by atoms with Gasteiger partial charge < -0.3 is 10.1 Å². The predicted octanol–water partition coefficient (Wildman–Crippen LogP) is 4.25. The highest BCUT2D eigenvalue weighted by molar-refractivity contribution is 6.31. The van der Waals surface area contributed by atoms with E-state index in [-0.39, 0.29) is 0 Å². The van der Waals surface area contributed by atoms with Crippen LogP contribution in [-0.4, -0.2) is 11.5 Å². The lowest BCUT2D eigenvalue weighted by molar-refractivity contribution is 0.458. The zero-order chi connectivity index (χ0) is 14.5. The van der Waals surface area contributed by atoms with Crippen molar-refractivity contribution in [2.45, 2.75) is 27.3 Å². The van der Waals surface area contributed by atoms with E-state index in [1.807, 2.05) is 25.1 Å². The third-order valence-electron chi connectivity index (χ3n) is 3.02. The Balaban J connectivity index is 2.20. The molecule has 0 unspecified atom stereocenters. The van der Waals surface area contributed by atoms with Crippen molar-refractivity contribution in [2.24, 2.45) is 0 Å². The zero-order valence-corrected chi connectivity index (χ0v) is 12.8. The first kappa shape index (κ1) is 14.8. The van der Waals surface area contributed by atoms with Crippen LogP contribution >= 0.6 is 11.6 Å². The topological polar surface area (TPSA) is 34.1 Å². The molecule has 0 radical (unpaired) electrons. The molecular weight excluding hydrogens is 272 g/mol. The summed E-state index contributed by atoms with van der Waals surface area (Å²) in [6.07, 6.45) is 1.63. The highest BCUT2D eigenvalue weighted by atomic mass is 35.5. The molecule has 3 nitrogen and oxygen atoms in total. The summed E-state index contributed by atoms with van der Waals surface area (Å²) in [6, 6.07) is 7.96. The molecule has 0 spiro atoms. The summed E-state index contributed by atoms with van der Waals surface area (Å²) < 4.78 is 5.84. The second kappa shape index (κ2) is 6.73. The van der Waals surface area contributed by atoms with Crippen molar-refractivity contribution in [1.29, 1.82) is 0 Å². The minimum atomic E-state index is 0.564. The number of aromatic nitrogens is 1. The van der Waals surface area contributed by atoms with Crippen molar-refractivity contribution in [2.75, 3.05) is 6.54 Å². The van der Waals surface area contributed by atoms with Crippen LogP contribution < -0.4 is 10.1 Å². The maximum atomic E-state index is 6.13. The Labute approximate surface area is 124 Å². The van der Waals surface area contributed by atoms with Gasteiger partial charge in [-0.3, -0.25) is 0 Å². The molecule has 0 aliphatic rings. The third-order valence-corrected chi connectivity index (χ3v) is 3.36. The number of aryl methyl sites for hydroxylation is 2. The maximum absolute atomic E-state index is 6.13.